The lowest BCUT2D eigenvalue weighted by atomic mass is 10.1. The molecule has 0 unspecified atom stereocenters. The van der Waals surface area contributed by atoms with E-state index in [0.717, 1.165) is 39.8 Å². The molecule has 1 aromatic carbocycles. The topological polar surface area (TPSA) is 67.3 Å². The summed E-state index contributed by atoms with van der Waals surface area (Å²) in [5, 5.41) is 4.36. The number of amides is 1. The van der Waals surface area contributed by atoms with Gasteiger partial charge in [0.1, 0.15) is 17.9 Å². The highest BCUT2D eigenvalue weighted by molar-refractivity contribution is 6.31. The van der Waals surface area contributed by atoms with Crippen LogP contribution in [0, 0.1) is 6.92 Å². The summed E-state index contributed by atoms with van der Waals surface area (Å²) < 4.78 is 6.21. The molecule has 0 spiro atoms. The van der Waals surface area contributed by atoms with E-state index in [-0.39, 0.29) is 12.5 Å². The van der Waals surface area contributed by atoms with E-state index in [2.05, 4.69) is 16.9 Å². The summed E-state index contributed by atoms with van der Waals surface area (Å²) >= 11 is 6.44. The molecule has 0 bridgehead atoms. The average molecular weight is 465 g/mol. The van der Waals surface area contributed by atoms with E-state index in [9.17, 15) is 4.79 Å². The number of hydrogen-bond acceptors (Lipinski definition) is 5. The first kappa shape index (κ1) is 24.3. The number of carbonyl (C=O) groups excluding carboxylic acids is 1. The first-order valence-corrected chi connectivity index (χ1v) is 11.3. The van der Waals surface area contributed by atoms with E-state index in [1.807, 2.05) is 62.2 Å². The van der Waals surface area contributed by atoms with Crippen LogP contribution >= 0.6 is 11.6 Å². The molecule has 0 aliphatic rings. The zero-order valence-electron chi connectivity index (χ0n) is 19.3. The molecule has 0 radical (unpaired) electrons. The maximum atomic E-state index is 11.9. The van der Waals surface area contributed by atoms with Gasteiger partial charge < -0.3 is 15.0 Å². The maximum Gasteiger partial charge on any atom is 0.220 e. The largest absolute Gasteiger partial charge is 0.487 e. The summed E-state index contributed by atoms with van der Waals surface area (Å²) in [6.45, 7) is 10.4. The summed E-state index contributed by atoms with van der Waals surface area (Å²) in [6, 6.07) is 7.86. The van der Waals surface area contributed by atoms with Gasteiger partial charge in [0, 0.05) is 54.4 Å². The third kappa shape index (κ3) is 5.90. The van der Waals surface area contributed by atoms with Crippen LogP contribution in [0.5, 0.6) is 5.75 Å². The third-order valence-corrected chi connectivity index (χ3v) is 5.44. The van der Waals surface area contributed by atoms with Gasteiger partial charge in [-0.2, -0.15) is 0 Å². The Hall–Kier alpha value is -3.38. The summed E-state index contributed by atoms with van der Waals surface area (Å²) in [4.78, 5) is 22.8. The van der Waals surface area contributed by atoms with E-state index in [1.54, 1.807) is 18.6 Å². The molecule has 172 valence electrons. The highest BCUT2D eigenvalue weighted by Gasteiger charge is 2.14. The lowest BCUT2D eigenvalue weighted by molar-refractivity contribution is -0.121. The van der Waals surface area contributed by atoms with Gasteiger partial charge in [0.25, 0.3) is 0 Å². The molecule has 1 N–H and O–H groups in total. The number of pyridine rings is 2. The van der Waals surface area contributed by atoms with Crippen LogP contribution in [0.4, 0.5) is 5.69 Å². The number of ether oxygens (including phenoxy) is 1. The minimum absolute atomic E-state index is 0.00139. The number of carbonyl (C=O) groups is 1. The van der Waals surface area contributed by atoms with Gasteiger partial charge in [-0.05, 0) is 38.0 Å². The van der Waals surface area contributed by atoms with Crippen molar-refractivity contribution in [3.63, 3.8) is 0 Å². The third-order valence-electron chi connectivity index (χ3n) is 5.11. The minimum atomic E-state index is -0.00139. The number of benzene rings is 1. The predicted molar refractivity (Wildman–Crippen MR) is 134 cm³/mol. The van der Waals surface area contributed by atoms with E-state index in [1.165, 1.54) is 0 Å². The van der Waals surface area contributed by atoms with Crippen molar-refractivity contribution < 1.29 is 9.53 Å². The fraction of sp³-hybridized carbons (Fsp3) is 0.269. The number of nitrogens with zero attached hydrogens (tertiary/aromatic N) is 3. The van der Waals surface area contributed by atoms with Gasteiger partial charge in [0.05, 0.1) is 10.7 Å². The van der Waals surface area contributed by atoms with Gasteiger partial charge in [0.15, 0.2) is 0 Å². The van der Waals surface area contributed by atoms with E-state index < -0.39 is 0 Å². The van der Waals surface area contributed by atoms with Crippen LogP contribution in [-0.4, -0.2) is 15.9 Å². The second kappa shape index (κ2) is 11.5. The summed E-state index contributed by atoms with van der Waals surface area (Å²) in [7, 11) is 0. The molecule has 33 heavy (non-hydrogen) atoms. The molecule has 3 aromatic rings. The molecule has 0 saturated heterocycles. The van der Waals surface area contributed by atoms with Crippen molar-refractivity contribution in [1.29, 1.82) is 0 Å². The SMILES string of the molecule is C=CN(/C=C\C)c1cc(C)nc2c(OCc3c(Cl)cncc3CNC(=O)CCC)cccc12. The van der Waals surface area contributed by atoms with Crippen LogP contribution in [0.1, 0.15) is 43.5 Å². The van der Waals surface area contributed by atoms with Crippen LogP contribution in [0.3, 0.4) is 0 Å². The van der Waals surface area contributed by atoms with Gasteiger partial charge in [-0.15, -0.1) is 0 Å². The number of rotatable bonds is 10. The molecule has 1 amide bonds. The summed E-state index contributed by atoms with van der Waals surface area (Å²) in [5.74, 6) is 0.647. The molecular formula is C26H29ClN4O2. The summed E-state index contributed by atoms with van der Waals surface area (Å²) in [5.41, 5.74) is 4.20. The van der Waals surface area contributed by atoms with Crippen molar-refractivity contribution in [2.75, 3.05) is 4.90 Å². The monoisotopic (exact) mass is 464 g/mol. The van der Waals surface area contributed by atoms with Gasteiger partial charge in [-0.1, -0.05) is 43.3 Å². The predicted octanol–water partition coefficient (Wildman–Crippen LogP) is 6.07. The van der Waals surface area contributed by atoms with Crippen molar-refractivity contribution in [2.24, 2.45) is 0 Å². The second-order valence-electron chi connectivity index (χ2n) is 7.58. The number of halogens is 1. The summed E-state index contributed by atoms with van der Waals surface area (Å²) in [6.07, 6.45) is 10.2. The molecule has 0 aliphatic carbocycles. The molecule has 3 rings (SSSR count). The van der Waals surface area contributed by atoms with Crippen LogP contribution in [0.15, 0.2) is 61.7 Å². The van der Waals surface area contributed by atoms with E-state index >= 15 is 0 Å². The molecule has 0 fully saturated rings. The first-order valence-electron chi connectivity index (χ1n) is 10.9. The standard InChI is InChI=1S/C26H29ClN4O2/c1-5-9-25(32)29-15-19-14-28-16-22(27)21(19)17-33-24-11-8-10-20-23(31(7-3)12-6-2)13-18(4)30-26(20)24/h6-8,10-14,16H,3,5,9,15,17H2,1-2,4H3,(H,29,32)/b12-6-. The number of para-hydroxylation sites is 1. The van der Waals surface area contributed by atoms with Gasteiger partial charge in [0.2, 0.25) is 5.91 Å². The molecule has 0 atom stereocenters. The molecule has 6 nitrogen and oxygen atoms in total. The quantitative estimate of drug-likeness (QED) is 0.394. The van der Waals surface area contributed by atoms with Gasteiger partial charge in [-0.3, -0.25) is 9.78 Å². The van der Waals surface area contributed by atoms with Crippen molar-refractivity contribution in [3.8, 4) is 5.75 Å². The number of aryl methyl sites for hydroxylation is 1. The molecule has 2 heterocycles. The van der Waals surface area contributed by atoms with Crippen LogP contribution in [0.2, 0.25) is 5.02 Å². The number of nitrogens with one attached hydrogen (secondary N) is 1. The highest BCUT2D eigenvalue weighted by atomic mass is 35.5. The molecule has 7 heteroatoms. The number of allylic oxidation sites excluding steroid dienone is 1. The van der Waals surface area contributed by atoms with Crippen molar-refractivity contribution >= 4 is 34.1 Å². The van der Waals surface area contributed by atoms with Crippen LogP contribution in [0.25, 0.3) is 10.9 Å². The number of hydrogen-bond donors (Lipinski definition) is 1. The molecular weight excluding hydrogens is 436 g/mol. The number of aromatic nitrogens is 2. The van der Waals surface area contributed by atoms with Gasteiger partial charge >= 0.3 is 0 Å². The Bertz CT molecular complexity index is 1180. The maximum absolute atomic E-state index is 11.9. The van der Waals surface area contributed by atoms with Crippen LogP contribution in [-0.2, 0) is 17.9 Å². The Kier molecular flexibility index (Phi) is 8.44. The lowest BCUT2D eigenvalue weighted by Gasteiger charge is -2.19. The molecule has 2 aromatic heterocycles. The normalized spacial score (nSPS) is 11.0. The van der Waals surface area contributed by atoms with Crippen LogP contribution < -0.4 is 15.0 Å². The van der Waals surface area contributed by atoms with Crippen molar-refractivity contribution in [1.82, 2.24) is 15.3 Å². The Balaban J connectivity index is 1.92. The lowest BCUT2D eigenvalue weighted by Crippen LogP contribution is -2.23. The number of anilines is 1. The fourth-order valence-electron chi connectivity index (χ4n) is 3.53. The average Bonchev–Trinajstić information content (AvgIpc) is 2.80. The van der Waals surface area contributed by atoms with Gasteiger partial charge in [-0.25, -0.2) is 4.98 Å². The van der Waals surface area contributed by atoms with Crippen molar-refractivity contribution in [3.05, 3.63) is 83.6 Å². The van der Waals surface area contributed by atoms with E-state index in [4.69, 9.17) is 21.3 Å². The Morgan fingerprint density at radius 2 is 2.15 bits per heavy atom. The van der Waals surface area contributed by atoms with Crippen molar-refractivity contribution in [2.45, 2.75) is 46.8 Å². The molecule has 0 saturated carbocycles. The Morgan fingerprint density at radius 3 is 2.88 bits per heavy atom. The zero-order chi connectivity index (χ0) is 23.8. The second-order valence-corrected chi connectivity index (χ2v) is 7.99. The molecule has 0 aliphatic heterocycles. The highest BCUT2D eigenvalue weighted by Crippen LogP contribution is 2.33. The zero-order valence-corrected chi connectivity index (χ0v) is 20.0. The van der Waals surface area contributed by atoms with E-state index in [0.29, 0.717) is 23.7 Å². The number of fused-ring (bicyclic) bond motifs is 1. The Labute approximate surface area is 199 Å². The first-order chi connectivity index (χ1) is 16.0. The minimum Gasteiger partial charge on any atom is -0.487 e. The fourth-order valence-corrected chi connectivity index (χ4v) is 3.77. The Morgan fingerprint density at radius 1 is 1.33 bits per heavy atom. The smallest absolute Gasteiger partial charge is 0.220 e.